The fourth-order valence-corrected chi connectivity index (χ4v) is 2.75. The maximum Gasteiger partial charge on any atom is 0.573 e. The summed E-state index contributed by atoms with van der Waals surface area (Å²) in [6, 6.07) is 8.27. The summed E-state index contributed by atoms with van der Waals surface area (Å²) >= 11 is 1.17. The number of nitrogens with one attached hydrogen (secondary N) is 1. The minimum absolute atomic E-state index is 0.152. The molecule has 0 unspecified atom stereocenters. The predicted molar refractivity (Wildman–Crippen MR) is 83.9 cm³/mol. The summed E-state index contributed by atoms with van der Waals surface area (Å²) in [5, 5.41) is 4.88. The van der Waals surface area contributed by atoms with E-state index in [2.05, 4.69) is 15.0 Å². The van der Waals surface area contributed by atoms with E-state index in [0.717, 1.165) is 24.3 Å². The highest BCUT2D eigenvalue weighted by Crippen LogP contribution is 2.30. The Kier molecular flexibility index (Phi) is 4.58. The first-order valence-electron chi connectivity index (χ1n) is 6.84. The molecule has 3 nitrogen and oxygen atoms in total. The van der Waals surface area contributed by atoms with Crippen LogP contribution in [0.4, 0.5) is 32.8 Å². The second-order valence-corrected chi connectivity index (χ2v) is 5.72. The van der Waals surface area contributed by atoms with Gasteiger partial charge in [-0.25, -0.2) is 13.8 Å². The second-order valence-electron chi connectivity index (χ2n) is 4.86. The van der Waals surface area contributed by atoms with Crippen LogP contribution in [0.5, 0.6) is 5.75 Å². The van der Waals surface area contributed by atoms with Crippen LogP contribution in [0.2, 0.25) is 0 Å². The molecule has 0 amide bonds. The molecule has 0 radical (unpaired) electrons. The molecule has 3 aromatic rings. The van der Waals surface area contributed by atoms with Gasteiger partial charge >= 0.3 is 6.36 Å². The number of hydrogen-bond acceptors (Lipinski definition) is 4. The SMILES string of the molecule is Fc1ccc(-c2csc(Nc3ccc(OC(F)(F)F)cc3)n2)c(F)c1. The largest absolute Gasteiger partial charge is 0.573 e. The summed E-state index contributed by atoms with van der Waals surface area (Å²) in [6.07, 6.45) is -4.75. The Hall–Kier alpha value is -2.68. The summed E-state index contributed by atoms with van der Waals surface area (Å²) < 4.78 is 66.8. The molecular weight excluding hydrogens is 363 g/mol. The van der Waals surface area contributed by atoms with Gasteiger partial charge in [0.25, 0.3) is 0 Å². The first-order valence-corrected chi connectivity index (χ1v) is 7.72. The average molecular weight is 372 g/mol. The molecule has 0 fully saturated rings. The fourth-order valence-electron chi connectivity index (χ4n) is 2.02. The topological polar surface area (TPSA) is 34.1 Å². The molecule has 0 spiro atoms. The molecule has 0 aliphatic rings. The van der Waals surface area contributed by atoms with Crippen molar-refractivity contribution < 1.29 is 26.7 Å². The van der Waals surface area contributed by atoms with Gasteiger partial charge in [-0.15, -0.1) is 24.5 Å². The molecule has 130 valence electrons. The smallest absolute Gasteiger partial charge is 0.406 e. The molecule has 0 atom stereocenters. The van der Waals surface area contributed by atoms with Crippen LogP contribution in [0, 0.1) is 11.6 Å². The summed E-state index contributed by atoms with van der Waals surface area (Å²) in [5.41, 5.74) is 0.955. The molecule has 0 aliphatic carbocycles. The van der Waals surface area contributed by atoms with Gasteiger partial charge in [-0.3, -0.25) is 0 Å². The molecule has 2 aromatic carbocycles. The van der Waals surface area contributed by atoms with Gasteiger partial charge in [-0.2, -0.15) is 0 Å². The highest BCUT2D eigenvalue weighted by atomic mass is 32.1. The first kappa shape index (κ1) is 17.2. The monoisotopic (exact) mass is 372 g/mol. The minimum Gasteiger partial charge on any atom is -0.406 e. The van der Waals surface area contributed by atoms with Crippen LogP contribution in [0.15, 0.2) is 47.8 Å². The third-order valence-corrected chi connectivity index (χ3v) is 3.81. The van der Waals surface area contributed by atoms with Crippen molar-refractivity contribution in [1.29, 1.82) is 0 Å². The van der Waals surface area contributed by atoms with Crippen molar-refractivity contribution in [2.24, 2.45) is 0 Å². The number of rotatable bonds is 4. The van der Waals surface area contributed by atoms with Gasteiger partial charge in [0.2, 0.25) is 0 Å². The van der Waals surface area contributed by atoms with E-state index in [1.807, 2.05) is 0 Å². The van der Waals surface area contributed by atoms with E-state index in [4.69, 9.17) is 0 Å². The van der Waals surface area contributed by atoms with Gasteiger partial charge < -0.3 is 10.1 Å². The Bertz CT molecular complexity index is 877. The Morgan fingerprint density at radius 3 is 2.36 bits per heavy atom. The Morgan fingerprint density at radius 2 is 1.72 bits per heavy atom. The lowest BCUT2D eigenvalue weighted by Crippen LogP contribution is -2.16. The molecule has 0 saturated carbocycles. The van der Waals surface area contributed by atoms with Crippen LogP contribution in [-0.4, -0.2) is 11.3 Å². The highest BCUT2D eigenvalue weighted by molar-refractivity contribution is 7.14. The number of nitrogens with zero attached hydrogens (tertiary/aromatic N) is 1. The van der Waals surface area contributed by atoms with Gasteiger partial charge in [0.15, 0.2) is 5.13 Å². The molecule has 0 saturated heterocycles. The van der Waals surface area contributed by atoms with E-state index in [-0.39, 0.29) is 11.3 Å². The van der Waals surface area contributed by atoms with Crippen molar-refractivity contribution in [3.05, 3.63) is 59.5 Å². The normalized spacial score (nSPS) is 11.4. The van der Waals surface area contributed by atoms with Gasteiger partial charge in [0, 0.05) is 22.7 Å². The van der Waals surface area contributed by atoms with Crippen molar-refractivity contribution in [3.63, 3.8) is 0 Å². The zero-order valence-electron chi connectivity index (χ0n) is 12.3. The summed E-state index contributed by atoms with van der Waals surface area (Å²) in [6.45, 7) is 0. The van der Waals surface area contributed by atoms with E-state index < -0.39 is 18.0 Å². The van der Waals surface area contributed by atoms with Crippen molar-refractivity contribution in [2.75, 3.05) is 5.32 Å². The number of ether oxygens (including phenoxy) is 1. The van der Waals surface area contributed by atoms with Gasteiger partial charge in [-0.1, -0.05) is 0 Å². The molecule has 9 heteroatoms. The number of anilines is 2. The van der Waals surface area contributed by atoms with Crippen molar-refractivity contribution >= 4 is 22.2 Å². The second kappa shape index (κ2) is 6.67. The summed E-state index contributed by atoms with van der Waals surface area (Å²) in [4.78, 5) is 4.18. The molecule has 1 heterocycles. The van der Waals surface area contributed by atoms with Crippen molar-refractivity contribution in [2.45, 2.75) is 6.36 Å². The number of alkyl halides is 3. The van der Waals surface area contributed by atoms with E-state index in [9.17, 15) is 22.0 Å². The van der Waals surface area contributed by atoms with Crippen LogP contribution in [0.3, 0.4) is 0 Å². The number of aromatic nitrogens is 1. The zero-order valence-corrected chi connectivity index (χ0v) is 13.1. The molecule has 1 N–H and O–H groups in total. The lowest BCUT2D eigenvalue weighted by Gasteiger charge is -2.09. The van der Waals surface area contributed by atoms with Gasteiger partial charge in [0.05, 0.1) is 5.69 Å². The maximum atomic E-state index is 13.8. The Labute approximate surface area is 142 Å². The standard InChI is InChI=1S/C16H9F5N2OS/c17-9-1-6-12(13(18)7-9)14-8-25-15(23-14)22-10-2-4-11(5-3-10)24-16(19,20)21/h1-8H,(H,22,23). The summed E-state index contributed by atoms with van der Waals surface area (Å²) in [5.74, 6) is -1.76. The molecule has 3 rings (SSSR count). The number of benzene rings is 2. The minimum atomic E-state index is -4.75. The van der Waals surface area contributed by atoms with Crippen molar-refractivity contribution in [3.8, 4) is 17.0 Å². The van der Waals surface area contributed by atoms with Crippen LogP contribution in [0.1, 0.15) is 0 Å². The number of hydrogen-bond donors (Lipinski definition) is 1. The first-order chi connectivity index (χ1) is 11.8. The lowest BCUT2D eigenvalue weighted by atomic mass is 10.1. The Morgan fingerprint density at radius 1 is 1.00 bits per heavy atom. The molecule has 0 aliphatic heterocycles. The third kappa shape index (κ3) is 4.44. The molecular formula is C16H9F5N2OS. The fraction of sp³-hybridized carbons (Fsp3) is 0.0625. The van der Waals surface area contributed by atoms with Crippen molar-refractivity contribution in [1.82, 2.24) is 4.98 Å². The third-order valence-electron chi connectivity index (χ3n) is 3.05. The Balaban J connectivity index is 1.73. The van der Waals surface area contributed by atoms with Gasteiger partial charge in [-0.05, 0) is 36.4 Å². The quantitative estimate of drug-likeness (QED) is 0.594. The van der Waals surface area contributed by atoms with E-state index in [1.54, 1.807) is 5.38 Å². The van der Waals surface area contributed by atoms with E-state index in [1.165, 1.54) is 29.5 Å². The van der Waals surface area contributed by atoms with Gasteiger partial charge in [0.1, 0.15) is 17.4 Å². The van der Waals surface area contributed by atoms with Crippen LogP contribution < -0.4 is 10.1 Å². The zero-order chi connectivity index (χ0) is 18.0. The van der Waals surface area contributed by atoms with Crippen LogP contribution in [0.25, 0.3) is 11.3 Å². The molecule has 0 bridgehead atoms. The van der Waals surface area contributed by atoms with E-state index in [0.29, 0.717) is 16.5 Å². The highest BCUT2D eigenvalue weighted by Gasteiger charge is 2.30. The average Bonchev–Trinajstić information content (AvgIpc) is 2.96. The molecule has 1 aromatic heterocycles. The van der Waals surface area contributed by atoms with Crippen LogP contribution >= 0.6 is 11.3 Å². The van der Waals surface area contributed by atoms with Crippen LogP contribution in [-0.2, 0) is 0 Å². The van der Waals surface area contributed by atoms with E-state index >= 15 is 0 Å². The molecule has 25 heavy (non-hydrogen) atoms. The lowest BCUT2D eigenvalue weighted by molar-refractivity contribution is -0.274. The number of thiazole rings is 1. The summed E-state index contributed by atoms with van der Waals surface area (Å²) in [7, 11) is 0. The maximum absolute atomic E-state index is 13.8. The number of halogens is 5. The predicted octanol–water partition coefficient (Wildman–Crippen LogP) is 5.73.